The molecule has 0 aliphatic rings. The Morgan fingerprint density at radius 2 is 1.79 bits per heavy atom. The van der Waals surface area contributed by atoms with Crippen molar-refractivity contribution in [3.63, 3.8) is 0 Å². The highest BCUT2D eigenvalue weighted by Gasteiger charge is 2.24. The zero-order valence-electron chi connectivity index (χ0n) is 16.5. The Morgan fingerprint density at radius 1 is 1.10 bits per heavy atom. The molecule has 1 N–H and O–H groups in total. The van der Waals surface area contributed by atoms with Crippen LogP contribution in [0.3, 0.4) is 0 Å². The van der Waals surface area contributed by atoms with E-state index in [0.717, 1.165) is 10.6 Å². The second-order valence-electron chi connectivity index (χ2n) is 6.24. The van der Waals surface area contributed by atoms with Gasteiger partial charge in [0.1, 0.15) is 10.6 Å². The summed E-state index contributed by atoms with van der Waals surface area (Å²) >= 11 is 1.25. The van der Waals surface area contributed by atoms with Gasteiger partial charge in [0.2, 0.25) is 0 Å². The van der Waals surface area contributed by atoms with Crippen molar-refractivity contribution in [1.82, 2.24) is 4.98 Å². The molecule has 3 rings (SSSR count). The first-order valence-corrected chi connectivity index (χ1v) is 10.1. The van der Waals surface area contributed by atoms with Gasteiger partial charge in [0.15, 0.2) is 6.10 Å². The van der Waals surface area contributed by atoms with Gasteiger partial charge in [0.25, 0.3) is 5.91 Å². The minimum Gasteiger partial charge on any atom is -0.492 e. The van der Waals surface area contributed by atoms with Crippen LogP contribution in [0.5, 0.6) is 5.75 Å². The van der Waals surface area contributed by atoms with E-state index in [9.17, 15) is 9.59 Å². The summed E-state index contributed by atoms with van der Waals surface area (Å²) < 4.78 is 10.9. The number of thiazole rings is 1. The van der Waals surface area contributed by atoms with E-state index in [1.165, 1.54) is 18.3 Å². The molecule has 1 heterocycles. The Labute approximate surface area is 173 Å². The summed E-state index contributed by atoms with van der Waals surface area (Å²) in [4.78, 5) is 30.1. The largest absolute Gasteiger partial charge is 0.492 e. The third-order valence-electron chi connectivity index (χ3n) is 4.06. The van der Waals surface area contributed by atoms with Gasteiger partial charge in [-0.15, -0.1) is 11.3 Å². The van der Waals surface area contributed by atoms with E-state index in [1.54, 1.807) is 18.2 Å². The van der Waals surface area contributed by atoms with Crippen LogP contribution in [0.25, 0.3) is 11.3 Å². The van der Waals surface area contributed by atoms with E-state index in [0.29, 0.717) is 28.6 Å². The third-order valence-corrected chi connectivity index (χ3v) is 5.02. The van der Waals surface area contributed by atoms with Crippen LogP contribution in [0.2, 0.25) is 0 Å². The minimum atomic E-state index is -0.983. The quantitative estimate of drug-likeness (QED) is 0.571. The van der Waals surface area contributed by atoms with Crippen molar-refractivity contribution in [2.24, 2.45) is 0 Å². The maximum Gasteiger partial charge on any atom is 0.351 e. The van der Waals surface area contributed by atoms with Gasteiger partial charge in [-0.05, 0) is 32.9 Å². The number of aryl methyl sites for hydroxylation is 1. The second kappa shape index (κ2) is 9.34. The van der Waals surface area contributed by atoms with E-state index in [4.69, 9.17) is 9.47 Å². The number of carbonyl (C=O) groups is 2. The number of nitrogens with zero attached hydrogens (tertiary/aromatic N) is 1. The lowest BCUT2D eigenvalue weighted by molar-refractivity contribution is -0.123. The zero-order chi connectivity index (χ0) is 20.8. The van der Waals surface area contributed by atoms with E-state index < -0.39 is 18.0 Å². The van der Waals surface area contributed by atoms with Crippen LogP contribution < -0.4 is 10.1 Å². The third kappa shape index (κ3) is 5.00. The van der Waals surface area contributed by atoms with Gasteiger partial charge in [-0.1, -0.05) is 42.5 Å². The predicted octanol–water partition coefficient (Wildman–Crippen LogP) is 4.70. The molecule has 0 saturated carbocycles. The molecular weight excluding hydrogens is 388 g/mol. The predicted molar refractivity (Wildman–Crippen MR) is 113 cm³/mol. The summed E-state index contributed by atoms with van der Waals surface area (Å²) in [6.07, 6.45) is -0.983. The second-order valence-corrected chi connectivity index (χ2v) is 7.45. The molecule has 0 aliphatic heterocycles. The molecular formula is C22H22N2O4S. The fourth-order valence-corrected chi connectivity index (χ4v) is 3.53. The molecule has 0 aliphatic carbocycles. The van der Waals surface area contributed by atoms with Gasteiger partial charge in [0.05, 0.1) is 23.0 Å². The molecule has 0 radical (unpaired) electrons. The summed E-state index contributed by atoms with van der Waals surface area (Å²) in [6.45, 7) is 5.70. The lowest BCUT2D eigenvalue weighted by Crippen LogP contribution is -2.30. The number of nitrogens with one attached hydrogen (secondary N) is 1. The van der Waals surface area contributed by atoms with Gasteiger partial charge >= 0.3 is 5.97 Å². The number of amides is 1. The number of aromatic nitrogens is 1. The van der Waals surface area contributed by atoms with Crippen LogP contribution in [0.1, 0.15) is 28.5 Å². The van der Waals surface area contributed by atoms with Crippen LogP contribution in [-0.2, 0) is 9.53 Å². The number of esters is 1. The standard InChI is InChI=1S/C22H22N2O4S/c1-4-27-18-13-9-8-12-17(18)24-21(25)14(2)28-22(26)20-19(23-15(3)29-20)16-10-6-5-7-11-16/h5-14H,4H2,1-3H3,(H,24,25)/t14-/m0/s1. The Bertz CT molecular complexity index is 1000. The highest BCUT2D eigenvalue weighted by Crippen LogP contribution is 2.29. The SMILES string of the molecule is CCOc1ccccc1NC(=O)[C@H](C)OC(=O)c1sc(C)nc1-c1ccccc1. The molecule has 0 saturated heterocycles. The molecule has 3 aromatic rings. The van der Waals surface area contributed by atoms with E-state index in [-0.39, 0.29) is 0 Å². The first kappa shape index (κ1) is 20.5. The number of para-hydroxylation sites is 2. The highest BCUT2D eigenvalue weighted by molar-refractivity contribution is 7.14. The first-order chi connectivity index (χ1) is 14.0. The summed E-state index contributed by atoms with van der Waals surface area (Å²) in [5.41, 5.74) is 1.92. The molecule has 6 nitrogen and oxygen atoms in total. The van der Waals surface area contributed by atoms with Crippen LogP contribution in [0, 0.1) is 6.92 Å². The molecule has 2 aromatic carbocycles. The van der Waals surface area contributed by atoms with E-state index in [1.807, 2.05) is 50.2 Å². The molecule has 0 fully saturated rings. The molecule has 0 unspecified atom stereocenters. The van der Waals surface area contributed by atoms with Gasteiger partial charge in [-0.3, -0.25) is 4.79 Å². The number of carbonyl (C=O) groups excluding carboxylic acids is 2. The van der Waals surface area contributed by atoms with E-state index in [2.05, 4.69) is 10.3 Å². The Hall–Kier alpha value is -3.19. The number of ether oxygens (including phenoxy) is 2. The topological polar surface area (TPSA) is 77.5 Å². The summed E-state index contributed by atoms with van der Waals surface area (Å²) in [7, 11) is 0. The van der Waals surface area contributed by atoms with Crippen molar-refractivity contribution in [2.75, 3.05) is 11.9 Å². The summed E-state index contributed by atoms with van der Waals surface area (Å²) in [5.74, 6) is -0.450. The van der Waals surface area contributed by atoms with Crippen LogP contribution in [0.15, 0.2) is 54.6 Å². The number of rotatable bonds is 7. The maximum atomic E-state index is 12.7. The minimum absolute atomic E-state index is 0.378. The number of hydrogen-bond donors (Lipinski definition) is 1. The van der Waals surface area contributed by atoms with Gasteiger partial charge in [-0.25, -0.2) is 9.78 Å². The zero-order valence-corrected chi connectivity index (χ0v) is 17.3. The van der Waals surface area contributed by atoms with Crippen molar-refractivity contribution >= 4 is 28.9 Å². The van der Waals surface area contributed by atoms with Gasteiger partial charge in [0, 0.05) is 5.56 Å². The fraction of sp³-hybridized carbons (Fsp3) is 0.227. The monoisotopic (exact) mass is 410 g/mol. The van der Waals surface area contributed by atoms with Crippen molar-refractivity contribution in [1.29, 1.82) is 0 Å². The molecule has 0 bridgehead atoms. The number of benzene rings is 2. The van der Waals surface area contributed by atoms with Crippen LogP contribution in [0.4, 0.5) is 5.69 Å². The lowest BCUT2D eigenvalue weighted by atomic mass is 10.1. The molecule has 150 valence electrons. The molecule has 0 spiro atoms. The molecule has 29 heavy (non-hydrogen) atoms. The van der Waals surface area contributed by atoms with Gasteiger partial charge < -0.3 is 14.8 Å². The van der Waals surface area contributed by atoms with Crippen molar-refractivity contribution in [2.45, 2.75) is 26.9 Å². The average molecular weight is 410 g/mol. The molecule has 7 heteroatoms. The highest BCUT2D eigenvalue weighted by atomic mass is 32.1. The normalized spacial score (nSPS) is 11.6. The maximum absolute atomic E-state index is 12.7. The van der Waals surface area contributed by atoms with Crippen molar-refractivity contribution < 1.29 is 19.1 Å². The van der Waals surface area contributed by atoms with Crippen molar-refractivity contribution in [3.05, 3.63) is 64.5 Å². The summed E-state index contributed by atoms with van der Waals surface area (Å²) in [5, 5.41) is 3.50. The first-order valence-electron chi connectivity index (χ1n) is 9.26. The fourth-order valence-electron chi connectivity index (χ4n) is 2.71. The number of hydrogen-bond acceptors (Lipinski definition) is 6. The Balaban J connectivity index is 1.72. The molecule has 1 amide bonds. The van der Waals surface area contributed by atoms with Crippen molar-refractivity contribution in [3.8, 4) is 17.0 Å². The lowest BCUT2D eigenvalue weighted by Gasteiger charge is -2.15. The Kier molecular flexibility index (Phi) is 6.61. The average Bonchev–Trinajstić information content (AvgIpc) is 3.12. The van der Waals surface area contributed by atoms with E-state index >= 15 is 0 Å². The number of anilines is 1. The molecule has 1 aromatic heterocycles. The van der Waals surface area contributed by atoms with Crippen LogP contribution >= 0.6 is 11.3 Å². The molecule has 1 atom stereocenters. The smallest absolute Gasteiger partial charge is 0.351 e. The Morgan fingerprint density at radius 3 is 2.52 bits per heavy atom. The summed E-state index contributed by atoms with van der Waals surface area (Å²) in [6, 6.07) is 16.5. The van der Waals surface area contributed by atoms with Gasteiger partial charge in [-0.2, -0.15) is 0 Å². The van der Waals surface area contributed by atoms with Crippen LogP contribution in [-0.4, -0.2) is 29.6 Å².